The van der Waals surface area contributed by atoms with Gasteiger partial charge in [0.05, 0.1) is 11.0 Å². The van der Waals surface area contributed by atoms with Crippen molar-refractivity contribution < 1.29 is 0 Å². The van der Waals surface area contributed by atoms with Crippen molar-refractivity contribution in [1.29, 1.82) is 0 Å². The molecule has 0 amide bonds. The first-order chi connectivity index (χ1) is 17.4. The van der Waals surface area contributed by atoms with Gasteiger partial charge >= 0.3 is 0 Å². The van der Waals surface area contributed by atoms with Crippen LogP contribution in [0.3, 0.4) is 0 Å². The Labute approximate surface area is 214 Å². The predicted molar refractivity (Wildman–Crippen MR) is 155 cm³/mol. The van der Waals surface area contributed by atoms with Crippen LogP contribution in [0.2, 0.25) is 0 Å². The lowest BCUT2D eigenvalue weighted by Crippen LogP contribution is -2.26. The van der Waals surface area contributed by atoms with Crippen molar-refractivity contribution in [2.24, 2.45) is 0 Å². The van der Waals surface area contributed by atoms with E-state index in [-0.39, 0.29) is 11.6 Å². The predicted octanol–water partition coefficient (Wildman–Crippen LogP) is 8.68. The molecule has 4 aromatic rings. The Bertz CT molecular complexity index is 1520. The molecule has 180 valence electrons. The second kappa shape index (κ2) is 9.54. The SMILES string of the molecule is C=C(C)/C=C(/C=C1\C=CC=CC1(C)c1ccccc1C)NC(C)n1c2ccccc2c2ccccc21. The van der Waals surface area contributed by atoms with Gasteiger partial charge in [0.25, 0.3) is 0 Å². The number of nitrogens with one attached hydrogen (secondary N) is 1. The fourth-order valence-electron chi connectivity index (χ4n) is 5.51. The van der Waals surface area contributed by atoms with Crippen molar-refractivity contribution in [3.63, 3.8) is 0 Å². The quantitative estimate of drug-likeness (QED) is 0.279. The number of benzene rings is 3. The molecule has 0 fully saturated rings. The minimum absolute atomic E-state index is 0.0325. The number of allylic oxidation sites excluding steroid dienone is 8. The summed E-state index contributed by atoms with van der Waals surface area (Å²) in [6.45, 7) is 12.9. The molecule has 36 heavy (non-hydrogen) atoms. The number of rotatable bonds is 6. The highest BCUT2D eigenvalue weighted by Crippen LogP contribution is 2.39. The van der Waals surface area contributed by atoms with Gasteiger partial charge in [-0.15, -0.1) is 0 Å². The third kappa shape index (κ3) is 4.24. The Morgan fingerprint density at radius 3 is 2.17 bits per heavy atom. The highest BCUT2D eigenvalue weighted by Gasteiger charge is 2.30. The molecule has 2 heteroatoms. The maximum absolute atomic E-state index is 4.18. The van der Waals surface area contributed by atoms with Gasteiger partial charge in [0, 0.05) is 21.9 Å². The van der Waals surface area contributed by atoms with E-state index in [0.717, 1.165) is 11.3 Å². The molecule has 2 nitrogen and oxygen atoms in total. The zero-order valence-corrected chi connectivity index (χ0v) is 21.6. The van der Waals surface area contributed by atoms with E-state index in [2.05, 4.69) is 146 Å². The van der Waals surface area contributed by atoms with Gasteiger partial charge in [-0.2, -0.15) is 0 Å². The Morgan fingerprint density at radius 2 is 1.53 bits per heavy atom. The van der Waals surface area contributed by atoms with Crippen molar-refractivity contribution in [2.75, 3.05) is 0 Å². The first-order valence-electron chi connectivity index (χ1n) is 12.6. The molecule has 0 saturated carbocycles. The fourth-order valence-corrected chi connectivity index (χ4v) is 5.51. The van der Waals surface area contributed by atoms with E-state index >= 15 is 0 Å². The summed E-state index contributed by atoms with van der Waals surface area (Å²) >= 11 is 0. The summed E-state index contributed by atoms with van der Waals surface area (Å²) in [5.74, 6) is 0. The lowest BCUT2D eigenvalue weighted by atomic mass is 9.72. The van der Waals surface area contributed by atoms with Crippen molar-refractivity contribution in [2.45, 2.75) is 39.3 Å². The average molecular weight is 471 g/mol. The first-order valence-corrected chi connectivity index (χ1v) is 12.6. The third-order valence-corrected chi connectivity index (χ3v) is 7.21. The van der Waals surface area contributed by atoms with Crippen LogP contribution in [0, 0.1) is 6.92 Å². The summed E-state index contributed by atoms with van der Waals surface area (Å²) < 4.78 is 2.40. The normalized spacial score (nSPS) is 19.8. The maximum Gasteiger partial charge on any atom is 0.101 e. The molecule has 1 N–H and O–H groups in total. The summed E-state index contributed by atoms with van der Waals surface area (Å²) in [5, 5.41) is 6.37. The van der Waals surface area contributed by atoms with Gasteiger partial charge in [-0.1, -0.05) is 97.1 Å². The topological polar surface area (TPSA) is 17.0 Å². The highest BCUT2D eigenvalue weighted by atomic mass is 15.2. The van der Waals surface area contributed by atoms with Crippen LogP contribution in [-0.2, 0) is 5.41 Å². The number of aryl methyl sites for hydroxylation is 1. The Morgan fingerprint density at radius 1 is 0.917 bits per heavy atom. The summed E-state index contributed by atoms with van der Waals surface area (Å²) in [4.78, 5) is 0. The molecule has 0 aliphatic heterocycles. The van der Waals surface area contributed by atoms with Gasteiger partial charge in [-0.05, 0) is 68.7 Å². The molecule has 0 spiro atoms. The van der Waals surface area contributed by atoms with Crippen LogP contribution in [0.15, 0.2) is 133 Å². The number of fused-ring (bicyclic) bond motifs is 3. The van der Waals surface area contributed by atoms with E-state index in [4.69, 9.17) is 0 Å². The lowest BCUT2D eigenvalue weighted by molar-refractivity contribution is 0.512. The van der Waals surface area contributed by atoms with Crippen molar-refractivity contribution in [3.05, 3.63) is 144 Å². The van der Waals surface area contributed by atoms with E-state index in [0.29, 0.717) is 0 Å². The zero-order valence-electron chi connectivity index (χ0n) is 21.6. The summed E-state index contributed by atoms with van der Waals surface area (Å²) in [7, 11) is 0. The third-order valence-electron chi connectivity index (χ3n) is 7.21. The Kier molecular flexibility index (Phi) is 6.28. The van der Waals surface area contributed by atoms with E-state index < -0.39 is 0 Å². The van der Waals surface area contributed by atoms with Gasteiger partial charge in [0.1, 0.15) is 6.17 Å². The first kappa shape index (κ1) is 23.7. The summed E-state index contributed by atoms with van der Waals surface area (Å²) in [5.41, 5.74) is 8.16. The molecular formula is C34H34N2. The monoisotopic (exact) mass is 470 g/mol. The van der Waals surface area contributed by atoms with E-state index in [1.165, 1.54) is 38.5 Å². The minimum Gasteiger partial charge on any atom is -0.365 e. The van der Waals surface area contributed by atoms with Gasteiger partial charge < -0.3 is 9.88 Å². The van der Waals surface area contributed by atoms with Crippen molar-refractivity contribution >= 4 is 21.8 Å². The molecule has 5 rings (SSSR count). The van der Waals surface area contributed by atoms with Crippen LogP contribution in [0.5, 0.6) is 0 Å². The van der Waals surface area contributed by atoms with E-state index in [1.54, 1.807) is 0 Å². The smallest absolute Gasteiger partial charge is 0.101 e. The van der Waals surface area contributed by atoms with Crippen LogP contribution < -0.4 is 5.32 Å². The molecule has 1 aliphatic rings. The number of hydrogen-bond acceptors (Lipinski definition) is 1. The number of nitrogens with zero attached hydrogens (tertiary/aromatic N) is 1. The van der Waals surface area contributed by atoms with Crippen LogP contribution in [0.4, 0.5) is 0 Å². The number of hydrogen-bond donors (Lipinski definition) is 1. The van der Waals surface area contributed by atoms with E-state index in [1.807, 2.05) is 6.92 Å². The van der Waals surface area contributed by atoms with Gasteiger partial charge in [-0.3, -0.25) is 0 Å². The number of aromatic nitrogens is 1. The van der Waals surface area contributed by atoms with Crippen LogP contribution in [0.25, 0.3) is 21.8 Å². The van der Waals surface area contributed by atoms with Crippen LogP contribution >= 0.6 is 0 Å². The van der Waals surface area contributed by atoms with Gasteiger partial charge in [-0.25, -0.2) is 0 Å². The van der Waals surface area contributed by atoms with E-state index in [9.17, 15) is 0 Å². The lowest BCUT2D eigenvalue weighted by Gasteiger charge is -2.32. The van der Waals surface area contributed by atoms with Crippen molar-refractivity contribution in [3.8, 4) is 0 Å². The largest absolute Gasteiger partial charge is 0.365 e. The standard InChI is InChI=1S/C34H34N2/c1-24(2)22-28(23-27-15-12-13-21-34(27,5)31-18-9-6-14-25(31)3)35-26(4)36-32-19-10-7-16-29(32)30-17-8-11-20-33(30)36/h6-23,26,35H,1H2,2-5H3/b27-23+,28-22-. The highest BCUT2D eigenvalue weighted by molar-refractivity contribution is 6.08. The molecule has 1 aliphatic carbocycles. The zero-order chi connectivity index (χ0) is 25.3. The second-order valence-electron chi connectivity index (χ2n) is 10.0. The molecule has 1 heterocycles. The van der Waals surface area contributed by atoms with Crippen LogP contribution in [-0.4, -0.2) is 4.57 Å². The molecule has 0 saturated heterocycles. The fraction of sp³-hybridized carbons (Fsp3) is 0.176. The molecule has 0 radical (unpaired) electrons. The number of para-hydroxylation sites is 2. The summed E-state index contributed by atoms with van der Waals surface area (Å²) in [6, 6.07) is 26.0. The Hall–Kier alpha value is -4.04. The molecule has 2 unspecified atom stereocenters. The van der Waals surface area contributed by atoms with Crippen LogP contribution in [0.1, 0.15) is 38.1 Å². The van der Waals surface area contributed by atoms with Gasteiger partial charge in [0.15, 0.2) is 0 Å². The van der Waals surface area contributed by atoms with Gasteiger partial charge in [0.2, 0.25) is 0 Å². The van der Waals surface area contributed by atoms with Crippen molar-refractivity contribution in [1.82, 2.24) is 9.88 Å². The summed E-state index contributed by atoms with van der Waals surface area (Å²) in [6.07, 6.45) is 13.3. The second-order valence-corrected chi connectivity index (χ2v) is 10.0. The molecule has 3 aromatic carbocycles. The molecule has 1 aromatic heterocycles. The Balaban J connectivity index is 1.58. The average Bonchev–Trinajstić information content (AvgIpc) is 3.20. The molecule has 2 atom stereocenters. The molecule has 0 bridgehead atoms. The minimum atomic E-state index is -0.216. The molecular weight excluding hydrogens is 436 g/mol. The maximum atomic E-state index is 4.18.